The van der Waals surface area contributed by atoms with E-state index in [1.165, 1.54) is 7.11 Å². The van der Waals surface area contributed by atoms with Gasteiger partial charge >= 0.3 is 0 Å². The zero-order chi connectivity index (χ0) is 11.5. The molecule has 2 aliphatic carbocycles. The third-order valence-electron chi connectivity index (χ3n) is 4.79. The molecule has 3 nitrogen and oxygen atoms in total. The quantitative estimate of drug-likeness (QED) is 0.427. The summed E-state index contributed by atoms with van der Waals surface area (Å²) in [5, 5.41) is 10.5. The van der Waals surface area contributed by atoms with Gasteiger partial charge in [0.15, 0.2) is 5.79 Å². The van der Waals surface area contributed by atoms with Gasteiger partial charge in [0.05, 0.1) is 5.41 Å². The Kier molecular flexibility index (Phi) is 1.96. The van der Waals surface area contributed by atoms with Crippen LogP contribution in [0.25, 0.3) is 0 Å². The molecular formula is C12H18O3. The van der Waals surface area contributed by atoms with Gasteiger partial charge < -0.3 is 14.6 Å². The maximum atomic E-state index is 11.4. The molecule has 0 aromatic rings. The molecule has 3 atom stereocenters. The monoisotopic (exact) mass is 210 g/mol. The Labute approximate surface area is 90.1 Å². The summed E-state index contributed by atoms with van der Waals surface area (Å²) in [6, 6.07) is 0. The number of aliphatic hydroxyl groups is 1. The Morgan fingerprint density at radius 2 is 2.20 bits per heavy atom. The molecule has 15 heavy (non-hydrogen) atoms. The maximum Gasteiger partial charge on any atom is 0.184 e. The maximum absolute atomic E-state index is 11.4. The molecule has 84 valence electrons. The molecule has 0 spiro atoms. The molecule has 0 aliphatic heterocycles. The van der Waals surface area contributed by atoms with Crippen molar-refractivity contribution in [2.75, 3.05) is 7.11 Å². The number of carbonyl (C=O) groups excluding carboxylic acids is 1. The Balaban J connectivity index is 2.64. The summed E-state index contributed by atoms with van der Waals surface area (Å²) >= 11 is 0. The minimum Gasteiger partial charge on any atom is -0.364 e. The number of fused-ring (bicyclic) bond motifs is 2. The minimum atomic E-state index is -1.35. The zero-order valence-electron chi connectivity index (χ0n) is 9.54. The van der Waals surface area contributed by atoms with Crippen LogP contribution in [0, 0.1) is 16.7 Å². The van der Waals surface area contributed by atoms with E-state index in [-0.39, 0.29) is 11.3 Å². The van der Waals surface area contributed by atoms with E-state index in [0.29, 0.717) is 6.42 Å². The number of rotatable bonds is 2. The van der Waals surface area contributed by atoms with Gasteiger partial charge in [0.25, 0.3) is 0 Å². The first-order chi connectivity index (χ1) is 6.87. The molecule has 3 heteroatoms. The van der Waals surface area contributed by atoms with Gasteiger partial charge in [-0.2, -0.15) is 0 Å². The van der Waals surface area contributed by atoms with Crippen molar-refractivity contribution in [3.63, 3.8) is 0 Å². The van der Waals surface area contributed by atoms with E-state index in [1.54, 1.807) is 0 Å². The molecule has 0 amide bonds. The van der Waals surface area contributed by atoms with E-state index in [2.05, 4.69) is 6.58 Å². The number of hydrogen-bond donors (Lipinski definition) is 1. The molecule has 0 heterocycles. The van der Waals surface area contributed by atoms with Crippen LogP contribution in [0.2, 0.25) is 0 Å². The largest absolute Gasteiger partial charge is 0.364 e. The Morgan fingerprint density at radius 3 is 2.60 bits per heavy atom. The fraction of sp³-hybridized carbons (Fsp3) is 0.750. The van der Waals surface area contributed by atoms with E-state index < -0.39 is 11.2 Å². The van der Waals surface area contributed by atoms with Crippen molar-refractivity contribution in [3.05, 3.63) is 12.2 Å². The molecule has 3 unspecified atom stereocenters. The fourth-order valence-electron chi connectivity index (χ4n) is 3.57. The third-order valence-corrected chi connectivity index (χ3v) is 4.79. The number of hydrogen-bond acceptors (Lipinski definition) is 3. The zero-order valence-corrected chi connectivity index (χ0v) is 9.54. The lowest BCUT2D eigenvalue weighted by molar-refractivity contribution is -0.248. The van der Waals surface area contributed by atoms with Gasteiger partial charge in [0, 0.05) is 18.4 Å². The van der Waals surface area contributed by atoms with Crippen LogP contribution in [0.3, 0.4) is 0 Å². The molecule has 2 saturated carbocycles. The number of aldehydes is 1. The highest BCUT2D eigenvalue weighted by Gasteiger charge is 2.74. The van der Waals surface area contributed by atoms with Crippen LogP contribution < -0.4 is 0 Å². The van der Waals surface area contributed by atoms with E-state index in [9.17, 15) is 9.90 Å². The fourth-order valence-corrected chi connectivity index (χ4v) is 3.57. The summed E-state index contributed by atoms with van der Waals surface area (Å²) in [4.78, 5) is 11.4. The van der Waals surface area contributed by atoms with Crippen molar-refractivity contribution < 1.29 is 14.6 Å². The highest BCUT2D eigenvalue weighted by molar-refractivity contribution is 5.68. The molecule has 2 rings (SSSR count). The normalized spacial score (nSPS) is 47.2. The topological polar surface area (TPSA) is 46.5 Å². The number of methoxy groups -OCH3 is 1. The van der Waals surface area contributed by atoms with E-state index in [1.807, 2.05) is 13.8 Å². The molecular weight excluding hydrogens is 192 g/mol. The molecule has 2 fully saturated rings. The first kappa shape index (κ1) is 10.8. The van der Waals surface area contributed by atoms with Crippen LogP contribution in [-0.2, 0) is 9.53 Å². The first-order valence-corrected chi connectivity index (χ1v) is 5.30. The van der Waals surface area contributed by atoms with Crippen LogP contribution in [0.1, 0.15) is 26.7 Å². The van der Waals surface area contributed by atoms with Crippen molar-refractivity contribution in [1.82, 2.24) is 0 Å². The predicted molar refractivity (Wildman–Crippen MR) is 56.1 cm³/mol. The van der Waals surface area contributed by atoms with Crippen LogP contribution in [0.15, 0.2) is 12.2 Å². The average Bonchev–Trinajstić information content (AvgIpc) is 2.56. The van der Waals surface area contributed by atoms with E-state index in [0.717, 1.165) is 18.3 Å². The van der Waals surface area contributed by atoms with Crippen LogP contribution in [0.5, 0.6) is 0 Å². The number of ether oxygens (including phenoxy) is 1. The van der Waals surface area contributed by atoms with Crippen LogP contribution in [0.4, 0.5) is 0 Å². The summed E-state index contributed by atoms with van der Waals surface area (Å²) in [5.74, 6) is -1.46. The molecule has 1 N–H and O–H groups in total. The number of carbonyl (C=O) groups is 1. The van der Waals surface area contributed by atoms with Crippen molar-refractivity contribution in [2.45, 2.75) is 32.5 Å². The Hall–Kier alpha value is -0.670. The second-order valence-corrected chi connectivity index (χ2v) is 5.23. The van der Waals surface area contributed by atoms with Gasteiger partial charge in [0.2, 0.25) is 0 Å². The van der Waals surface area contributed by atoms with Gasteiger partial charge in [-0.05, 0) is 12.8 Å². The standard InChI is InChI=1S/C12H18O3/c1-8-9-5-6-11(7-13,10(8,2)3)12(9,14)15-4/h7,9,14H,1,5-6H2,2-4H3. The van der Waals surface area contributed by atoms with Gasteiger partial charge in [-0.1, -0.05) is 26.0 Å². The summed E-state index contributed by atoms with van der Waals surface area (Å²) in [6.07, 6.45) is 2.33. The van der Waals surface area contributed by atoms with E-state index >= 15 is 0 Å². The highest BCUT2D eigenvalue weighted by Crippen LogP contribution is 2.70. The summed E-state index contributed by atoms with van der Waals surface area (Å²) in [6.45, 7) is 7.96. The summed E-state index contributed by atoms with van der Waals surface area (Å²) < 4.78 is 5.25. The Morgan fingerprint density at radius 1 is 1.60 bits per heavy atom. The predicted octanol–water partition coefficient (Wildman–Crippen LogP) is 1.51. The van der Waals surface area contributed by atoms with Crippen molar-refractivity contribution in [3.8, 4) is 0 Å². The van der Waals surface area contributed by atoms with Crippen molar-refractivity contribution >= 4 is 6.29 Å². The van der Waals surface area contributed by atoms with Gasteiger partial charge in [-0.25, -0.2) is 0 Å². The van der Waals surface area contributed by atoms with Gasteiger partial charge in [-0.3, -0.25) is 0 Å². The first-order valence-electron chi connectivity index (χ1n) is 5.30. The molecule has 2 bridgehead atoms. The van der Waals surface area contributed by atoms with Crippen LogP contribution in [-0.4, -0.2) is 24.3 Å². The smallest absolute Gasteiger partial charge is 0.184 e. The van der Waals surface area contributed by atoms with Crippen molar-refractivity contribution in [2.24, 2.45) is 16.7 Å². The van der Waals surface area contributed by atoms with E-state index in [4.69, 9.17) is 4.74 Å². The lowest BCUT2D eigenvalue weighted by Crippen LogP contribution is -2.51. The molecule has 0 aromatic carbocycles. The SMILES string of the molecule is C=C1C2CCC(C=O)(C1(C)C)C2(O)OC. The minimum absolute atomic E-state index is 0.109. The molecule has 0 radical (unpaired) electrons. The second-order valence-electron chi connectivity index (χ2n) is 5.23. The molecule has 0 aromatic heterocycles. The summed E-state index contributed by atoms with van der Waals surface area (Å²) in [7, 11) is 1.46. The molecule has 2 aliphatic rings. The lowest BCUT2D eigenvalue weighted by atomic mass is 9.63. The van der Waals surface area contributed by atoms with Crippen LogP contribution >= 0.6 is 0 Å². The lowest BCUT2D eigenvalue weighted by Gasteiger charge is -2.42. The Bertz CT molecular complexity index is 334. The summed E-state index contributed by atoms with van der Waals surface area (Å²) in [5.41, 5.74) is -0.274. The third kappa shape index (κ3) is 0.833. The average molecular weight is 210 g/mol. The van der Waals surface area contributed by atoms with Gasteiger partial charge in [-0.15, -0.1) is 0 Å². The highest BCUT2D eigenvalue weighted by atomic mass is 16.6. The molecule has 0 saturated heterocycles. The second kappa shape index (κ2) is 2.71. The van der Waals surface area contributed by atoms with Gasteiger partial charge in [0.1, 0.15) is 6.29 Å². The van der Waals surface area contributed by atoms with Crippen molar-refractivity contribution in [1.29, 1.82) is 0 Å².